The summed E-state index contributed by atoms with van der Waals surface area (Å²) in [6.45, 7) is 4.57. The van der Waals surface area contributed by atoms with E-state index in [1.165, 1.54) is 11.3 Å². The summed E-state index contributed by atoms with van der Waals surface area (Å²) in [5.41, 5.74) is 4.47. The lowest BCUT2D eigenvalue weighted by Gasteiger charge is -2.24. The second kappa shape index (κ2) is 6.13. The lowest BCUT2D eigenvalue weighted by Crippen LogP contribution is -2.37. The number of aryl methyl sites for hydroxylation is 1. The summed E-state index contributed by atoms with van der Waals surface area (Å²) in [7, 11) is 0. The number of fused-ring (bicyclic) bond motifs is 1. The molecule has 1 aliphatic rings. The van der Waals surface area contributed by atoms with Crippen LogP contribution in [0, 0.1) is 6.92 Å². The van der Waals surface area contributed by atoms with E-state index in [0.717, 1.165) is 22.1 Å². The molecular weight excluding hydrogens is 340 g/mol. The summed E-state index contributed by atoms with van der Waals surface area (Å²) >= 11 is 3.49. The maximum absolute atomic E-state index is 12.4. The molecule has 0 fully saturated rings. The number of rotatable bonds is 3. The molecule has 1 N–H and O–H groups in total. The van der Waals surface area contributed by atoms with Gasteiger partial charge in [0.15, 0.2) is 0 Å². The van der Waals surface area contributed by atoms with Crippen LogP contribution in [0.3, 0.4) is 0 Å². The van der Waals surface area contributed by atoms with Crippen molar-refractivity contribution in [2.24, 2.45) is 0 Å². The molecule has 3 rings (SSSR count). The highest BCUT2D eigenvalue weighted by Crippen LogP contribution is 2.31. The van der Waals surface area contributed by atoms with Crippen molar-refractivity contribution in [3.63, 3.8) is 0 Å². The van der Waals surface area contributed by atoms with E-state index in [-0.39, 0.29) is 5.91 Å². The van der Waals surface area contributed by atoms with Crippen LogP contribution in [0.1, 0.15) is 18.1 Å². The lowest BCUT2D eigenvalue weighted by molar-refractivity contribution is -0.115. The van der Waals surface area contributed by atoms with E-state index in [4.69, 9.17) is 0 Å². The molecule has 22 heavy (non-hydrogen) atoms. The third kappa shape index (κ3) is 3.02. The standard InChI is InChI=1S/C18H19BrN2O/c1-12-7-8-15(10-16(12)19)20-18(22)11-21-13(2)9-14-5-3-4-6-17(14)21/h3-8,10,13H,9,11H2,1-2H3,(H,20,22). The molecule has 0 saturated carbocycles. The molecule has 0 saturated heterocycles. The molecule has 1 unspecified atom stereocenters. The number of para-hydroxylation sites is 1. The first-order valence-corrected chi connectivity index (χ1v) is 8.24. The van der Waals surface area contributed by atoms with Crippen LogP contribution in [-0.4, -0.2) is 18.5 Å². The Labute approximate surface area is 139 Å². The van der Waals surface area contributed by atoms with Crippen molar-refractivity contribution >= 4 is 33.2 Å². The summed E-state index contributed by atoms with van der Waals surface area (Å²) in [6, 6.07) is 14.5. The smallest absolute Gasteiger partial charge is 0.243 e. The van der Waals surface area contributed by atoms with Crippen LogP contribution in [0.25, 0.3) is 0 Å². The van der Waals surface area contributed by atoms with E-state index >= 15 is 0 Å². The summed E-state index contributed by atoms with van der Waals surface area (Å²) in [5.74, 6) is 0.0132. The van der Waals surface area contributed by atoms with E-state index in [2.05, 4.69) is 51.3 Å². The molecule has 2 aromatic carbocycles. The van der Waals surface area contributed by atoms with E-state index in [9.17, 15) is 4.79 Å². The number of hydrogen-bond donors (Lipinski definition) is 1. The summed E-state index contributed by atoms with van der Waals surface area (Å²) in [5, 5.41) is 2.98. The highest BCUT2D eigenvalue weighted by molar-refractivity contribution is 9.10. The van der Waals surface area contributed by atoms with Gasteiger partial charge in [-0.1, -0.05) is 40.2 Å². The van der Waals surface area contributed by atoms with Crippen LogP contribution in [0.2, 0.25) is 0 Å². The van der Waals surface area contributed by atoms with Crippen LogP contribution < -0.4 is 10.2 Å². The Morgan fingerprint density at radius 1 is 1.32 bits per heavy atom. The first-order chi connectivity index (χ1) is 10.5. The molecule has 0 bridgehead atoms. The molecule has 1 amide bonds. The molecule has 0 aliphatic carbocycles. The number of hydrogen-bond acceptors (Lipinski definition) is 2. The quantitative estimate of drug-likeness (QED) is 0.893. The van der Waals surface area contributed by atoms with Gasteiger partial charge in [-0.05, 0) is 49.6 Å². The number of carbonyl (C=O) groups is 1. The van der Waals surface area contributed by atoms with Crippen molar-refractivity contribution in [1.29, 1.82) is 0 Å². The highest BCUT2D eigenvalue weighted by atomic mass is 79.9. The van der Waals surface area contributed by atoms with Crippen LogP contribution >= 0.6 is 15.9 Å². The Morgan fingerprint density at radius 2 is 2.09 bits per heavy atom. The number of nitrogens with zero attached hydrogens (tertiary/aromatic N) is 1. The van der Waals surface area contributed by atoms with Crippen molar-refractivity contribution in [2.75, 3.05) is 16.8 Å². The van der Waals surface area contributed by atoms with Gasteiger partial charge in [0.05, 0.1) is 6.54 Å². The van der Waals surface area contributed by atoms with Crippen molar-refractivity contribution in [2.45, 2.75) is 26.3 Å². The Morgan fingerprint density at radius 3 is 2.86 bits per heavy atom. The van der Waals surface area contributed by atoms with Gasteiger partial charge in [-0.25, -0.2) is 0 Å². The van der Waals surface area contributed by atoms with Gasteiger partial charge in [0.1, 0.15) is 0 Å². The van der Waals surface area contributed by atoms with Gasteiger partial charge in [0, 0.05) is 21.9 Å². The Kier molecular flexibility index (Phi) is 4.21. The van der Waals surface area contributed by atoms with Crippen molar-refractivity contribution in [1.82, 2.24) is 0 Å². The van der Waals surface area contributed by atoms with Crippen molar-refractivity contribution in [3.8, 4) is 0 Å². The molecule has 3 nitrogen and oxygen atoms in total. The largest absolute Gasteiger partial charge is 0.359 e. The molecule has 1 atom stereocenters. The molecule has 0 spiro atoms. The second-order valence-electron chi connectivity index (χ2n) is 5.82. The zero-order valence-corrected chi connectivity index (χ0v) is 14.4. The fourth-order valence-corrected chi connectivity index (χ4v) is 3.28. The number of halogens is 1. The average molecular weight is 359 g/mol. The molecule has 4 heteroatoms. The van der Waals surface area contributed by atoms with Gasteiger partial charge in [-0.3, -0.25) is 4.79 Å². The third-order valence-electron chi connectivity index (χ3n) is 4.12. The third-order valence-corrected chi connectivity index (χ3v) is 4.97. The van der Waals surface area contributed by atoms with Crippen molar-refractivity contribution in [3.05, 3.63) is 58.1 Å². The predicted molar refractivity (Wildman–Crippen MR) is 94.5 cm³/mol. The molecule has 0 aromatic heterocycles. The minimum atomic E-state index is 0.0132. The molecule has 1 heterocycles. The van der Waals surface area contributed by atoms with Gasteiger partial charge in [0.25, 0.3) is 0 Å². The van der Waals surface area contributed by atoms with Crippen LogP contribution in [0.15, 0.2) is 46.9 Å². The lowest BCUT2D eigenvalue weighted by atomic mass is 10.1. The van der Waals surface area contributed by atoms with Crippen LogP contribution in [-0.2, 0) is 11.2 Å². The van der Waals surface area contributed by atoms with Crippen LogP contribution in [0.5, 0.6) is 0 Å². The Hall–Kier alpha value is -1.81. The van der Waals surface area contributed by atoms with E-state index < -0.39 is 0 Å². The Bertz CT molecular complexity index is 714. The van der Waals surface area contributed by atoms with Gasteiger partial charge in [0.2, 0.25) is 5.91 Å². The molecule has 114 valence electrons. The van der Waals surface area contributed by atoms with E-state index in [0.29, 0.717) is 12.6 Å². The van der Waals surface area contributed by atoms with Crippen LogP contribution in [0.4, 0.5) is 11.4 Å². The van der Waals surface area contributed by atoms with Crippen molar-refractivity contribution < 1.29 is 4.79 Å². The normalized spacial score (nSPS) is 16.5. The van der Waals surface area contributed by atoms with Gasteiger partial charge < -0.3 is 10.2 Å². The topological polar surface area (TPSA) is 32.3 Å². The van der Waals surface area contributed by atoms with Gasteiger partial charge in [-0.2, -0.15) is 0 Å². The number of benzene rings is 2. The van der Waals surface area contributed by atoms with Gasteiger partial charge in [-0.15, -0.1) is 0 Å². The highest BCUT2D eigenvalue weighted by Gasteiger charge is 2.26. The predicted octanol–water partition coefficient (Wildman–Crippen LogP) is 4.15. The first-order valence-electron chi connectivity index (χ1n) is 7.45. The molecule has 0 radical (unpaired) electrons. The fourth-order valence-electron chi connectivity index (χ4n) is 2.90. The van der Waals surface area contributed by atoms with Gasteiger partial charge >= 0.3 is 0 Å². The maximum atomic E-state index is 12.4. The molecule has 2 aromatic rings. The number of anilines is 2. The summed E-state index contributed by atoms with van der Waals surface area (Å²) < 4.78 is 1.00. The minimum Gasteiger partial charge on any atom is -0.359 e. The Balaban J connectivity index is 1.70. The first kappa shape index (κ1) is 15.1. The monoisotopic (exact) mass is 358 g/mol. The zero-order valence-electron chi connectivity index (χ0n) is 12.8. The second-order valence-corrected chi connectivity index (χ2v) is 6.68. The summed E-state index contributed by atoms with van der Waals surface area (Å²) in [4.78, 5) is 14.5. The number of amides is 1. The zero-order chi connectivity index (χ0) is 15.7. The average Bonchev–Trinajstić information content (AvgIpc) is 2.79. The maximum Gasteiger partial charge on any atom is 0.243 e. The molecule has 1 aliphatic heterocycles. The molecular formula is C18H19BrN2O. The number of carbonyl (C=O) groups excluding carboxylic acids is 1. The SMILES string of the molecule is Cc1ccc(NC(=O)CN2c3ccccc3CC2C)cc1Br. The van der Waals surface area contributed by atoms with E-state index in [1.807, 2.05) is 31.2 Å². The minimum absolute atomic E-state index is 0.0132. The fraction of sp³-hybridized carbons (Fsp3) is 0.278. The number of nitrogens with one attached hydrogen (secondary N) is 1. The van der Waals surface area contributed by atoms with E-state index in [1.54, 1.807) is 0 Å². The summed E-state index contributed by atoms with van der Waals surface area (Å²) in [6.07, 6.45) is 1.000.